The summed E-state index contributed by atoms with van der Waals surface area (Å²) in [7, 11) is 3.04. The Morgan fingerprint density at radius 1 is 1.39 bits per heavy atom. The summed E-state index contributed by atoms with van der Waals surface area (Å²) in [5.74, 6) is 1.55. The van der Waals surface area contributed by atoms with Crippen LogP contribution in [0, 0.1) is 0 Å². The maximum Gasteiger partial charge on any atom is 0.307 e. The number of methoxy groups -OCH3 is 1. The molecule has 1 heterocycles. The molecule has 0 spiro atoms. The van der Waals surface area contributed by atoms with E-state index >= 15 is 0 Å². The van der Waals surface area contributed by atoms with E-state index in [-0.39, 0.29) is 29.9 Å². The average Bonchev–Trinajstić information content (AvgIpc) is 3.00. The van der Waals surface area contributed by atoms with Crippen LogP contribution in [0.1, 0.15) is 50.5 Å². The van der Waals surface area contributed by atoms with Gasteiger partial charge in [0.2, 0.25) is 0 Å². The zero-order valence-electron chi connectivity index (χ0n) is 14.2. The van der Waals surface area contributed by atoms with Crippen molar-refractivity contribution in [1.29, 1.82) is 0 Å². The number of hydrogen-bond donors (Lipinski definition) is 2. The molecular formula is C15H27IN4O3. The molecule has 0 aliphatic rings. The number of esters is 1. The second kappa shape index (κ2) is 12.1. The first-order valence-corrected chi connectivity index (χ1v) is 7.61. The molecule has 0 atom stereocenters. The third-order valence-corrected chi connectivity index (χ3v) is 3.48. The average molecular weight is 438 g/mol. The minimum atomic E-state index is -0.256. The number of guanidine groups is 1. The maximum atomic E-state index is 11.0. The van der Waals surface area contributed by atoms with E-state index in [2.05, 4.69) is 39.4 Å². The molecule has 1 rings (SSSR count). The van der Waals surface area contributed by atoms with Gasteiger partial charge in [-0.25, -0.2) is 0 Å². The quantitative estimate of drug-likeness (QED) is 0.281. The molecule has 0 radical (unpaired) electrons. The number of rotatable bonds is 8. The smallest absolute Gasteiger partial charge is 0.307 e. The number of carbonyl (C=O) groups excluding carboxylic acids is 1. The molecule has 0 saturated carbocycles. The Balaban J connectivity index is 0.00000484. The molecule has 7 nitrogen and oxygen atoms in total. The molecule has 1 aromatic heterocycles. The SMILES string of the molecule is CCC(CC)c1cc(CNC(=NC)NCCC(=O)OC)on1.I. The Bertz CT molecular complexity index is 487. The van der Waals surface area contributed by atoms with E-state index in [0.29, 0.717) is 31.4 Å². The Hall–Kier alpha value is -1.32. The number of aromatic nitrogens is 1. The monoisotopic (exact) mass is 438 g/mol. The van der Waals surface area contributed by atoms with Gasteiger partial charge in [0.15, 0.2) is 11.7 Å². The summed E-state index contributed by atoms with van der Waals surface area (Å²) < 4.78 is 9.91. The summed E-state index contributed by atoms with van der Waals surface area (Å²) in [6.07, 6.45) is 2.39. The van der Waals surface area contributed by atoms with Gasteiger partial charge in [0.25, 0.3) is 0 Å². The van der Waals surface area contributed by atoms with E-state index in [1.54, 1.807) is 7.05 Å². The molecule has 0 aromatic carbocycles. The fourth-order valence-corrected chi connectivity index (χ4v) is 2.09. The number of halogens is 1. The molecule has 2 N–H and O–H groups in total. The van der Waals surface area contributed by atoms with Gasteiger partial charge in [-0.05, 0) is 12.8 Å². The van der Waals surface area contributed by atoms with Crippen LogP contribution >= 0.6 is 24.0 Å². The minimum absolute atomic E-state index is 0. The summed E-state index contributed by atoms with van der Waals surface area (Å²) in [6, 6.07) is 1.98. The highest BCUT2D eigenvalue weighted by Gasteiger charge is 2.13. The Kier molecular flexibility index (Phi) is 11.4. The van der Waals surface area contributed by atoms with Gasteiger partial charge in [-0.15, -0.1) is 24.0 Å². The van der Waals surface area contributed by atoms with Crippen LogP contribution in [0.2, 0.25) is 0 Å². The van der Waals surface area contributed by atoms with Crippen molar-refractivity contribution in [3.63, 3.8) is 0 Å². The van der Waals surface area contributed by atoms with Gasteiger partial charge in [-0.1, -0.05) is 19.0 Å². The first-order valence-electron chi connectivity index (χ1n) is 7.61. The Labute approximate surface area is 154 Å². The van der Waals surface area contributed by atoms with Gasteiger partial charge in [-0.2, -0.15) is 0 Å². The van der Waals surface area contributed by atoms with E-state index in [1.807, 2.05) is 6.07 Å². The van der Waals surface area contributed by atoms with E-state index < -0.39 is 0 Å². The third-order valence-electron chi connectivity index (χ3n) is 3.48. The number of hydrogen-bond acceptors (Lipinski definition) is 5. The number of aliphatic imine (C=N–C) groups is 1. The van der Waals surface area contributed by atoms with Gasteiger partial charge < -0.3 is 19.9 Å². The predicted octanol–water partition coefficient (Wildman–Crippen LogP) is 2.42. The van der Waals surface area contributed by atoms with Crippen LogP contribution in [-0.2, 0) is 16.1 Å². The van der Waals surface area contributed by atoms with Crippen molar-refractivity contribution in [1.82, 2.24) is 15.8 Å². The molecule has 0 aliphatic carbocycles. The Morgan fingerprint density at radius 2 is 2.09 bits per heavy atom. The van der Waals surface area contributed by atoms with Gasteiger partial charge in [0.1, 0.15) is 0 Å². The van der Waals surface area contributed by atoms with Gasteiger partial charge in [-0.3, -0.25) is 9.79 Å². The highest BCUT2D eigenvalue weighted by molar-refractivity contribution is 14.0. The van der Waals surface area contributed by atoms with Crippen molar-refractivity contribution in [2.24, 2.45) is 4.99 Å². The van der Waals surface area contributed by atoms with Crippen LogP contribution in [0.3, 0.4) is 0 Å². The van der Waals surface area contributed by atoms with Crippen molar-refractivity contribution < 1.29 is 14.1 Å². The predicted molar refractivity (Wildman–Crippen MR) is 100 cm³/mol. The lowest BCUT2D eigenvalue weighted by atomic mass is 9.99. The number of carbonyl (C=O) groups is 1. The standard InChI is InChI=1S/C15H26N4O3.HI/c1-5-11(6-2)13-9-12(22-19-13)10-18-15(16-3)17-8-7-14(20)21-4;/h9,11H,5-8,10H2,1-4H3,(H2,16,17,18);1H. The molecule has 0 bridgehead atoms. The van der Waals surface area contributed by atoms with E-state index in [9.17, 15) is 4.79 Å². The first kappa shape index (κ1) is 21.7. The van der Waals surface area contributed by atoms with Gasteiger partial charge in [0.05, 0.1) is 25.8 Å². The molecule has 0 unspecified atom stereocenters. The Morgan fingerprint density at radius 3 is 2.65 bits per heavy atom. The second-order valence-corrected chi connectivity index (χ2v) is 4.91. The third kappa shape index (κ3) is 7.67. The molecule has 0 aliphatic heterocycles. The molecule has 23 heavy (non-hydrogen) atoms. The molecular weight excluding hydrogens is 411 g/mol. The summed E-state index contributed by atoms with van der Waals surface area (Å²) in [5.41, 5.74) is 0.996. The van der Waals surface area contributed by atoms with Crippen LogP contribution in [-0.4, -0.2) is 37.8 Å². The molecule has 1 aromatic rings. The lowest BCUT2D eigenvalue weighted by Crippen LogP contribution is -2.37. The number of nitrogens with zero attached hydrogens (tertiary/aromatic N) is 2. The molecule has 132 valence electrons. The van der Waals surface area contributed by atoms with E-state index in [0.717, 1.165) is 24.3 Å². The van der Waals surface area contributed by atoms with Crippen molar-refractivity contribution in [2.45, 2.75) is 45.6 Å². The minimum Gasteiger partial charge on any atom is -0.469 e. The number of nitrogens with one attached hydrogen (secondary N) is 2. The van der Waals surface area contributed by atoms with E-state index in [1.165, 1.54) is 7.11 Å². The zero-order valence-corrected chi connectivity index (χ0v) is 16.5. The van der Waals surface area contributed by atoms with Crippen molar-refractivity contribution in [3.8, 4) is 0 Å². The van der Waals surface area contributed by atoms with Crippen LogP contribution < -0.4 is 10.6 Å². The summed E-state index contributed by atoms with van der Waals surface area (Å²) in [4.78, 5) is 15.1. The van der Waals surface area contributed by atoms with Crippen molar-refractivity contribution >= 4 is 35.9 Å². The summed E-state index contributed by atoms with van der Waals surface area (Å²) in [6.45, 7) is 5.24. The zero-order chi connectivity index (χ0) is 16.4. The fourth-order valence-electron chi connectivity index (χ4n) is 2.09. The summed E-state index contributed by atoms with van der Waals surface area (Å²) >= 11 is 0. The normalized spacial score (nSPS) is 11.1. The molecule has 8 heteroatoms. The van der Waals surface area contributed by atoms with Crippen LogP contribution in [0.5, 0.6) is 0 Å². The van der Waals surface area contributed by atoms with E-state index in [4.69, 9.17) is 4.52 Å². The number of ether oxygens (including phenoxy) is 1. The summed E-state index contributed by atoms with van der Waals surface area (Å²) in [5, 5.41) is 10.3. The topological polar surface area (TPSA) is 88.8 Å². The van der Waals surface area contributed by atoms with Crippen LogP contribution in [0.25, 0.3) is 0 Å². The highest BCUT2D eigenvalue weighted by Crippen LogP contribution is 2.22. The van der Waals surface area contributed by atoms with Gasteiger partial charge >= 0.3 is 5.97 Å². The molecule has 0 fully saturated rings. The fraction of sp³-hybridized carbons (Fsp3) is 0.667. The highest BCUT2D eigenvalue weighted by atomic mass is 127. The second-order valence-electron chi connectivity index (χ2n) is 4.91. The lowest BCUT2D eigenvalue weighted by Gasteiger charge is -2.09. The lowest BCUT2D eigenvalue weighted by molar-refractivity contribution is -0.140. The van der Waals surface area contributed by atoms with Crippen molar-refractivity contribution in [3.05, 3.63) is 17.5 Å². The molecule has 0 amide bonds. The van der Waals surface area contributed by atoms with Crippen LogP contribution in [0.4, 0.5) is 0 Å². The largest absolute Gasteiger partial charge is 0.469 e. The van der Waals surface area contributed by atoms with Gasteiger partial charge in [0, 0.05) is 25.6 Å². The molecule has 0 saturated heterocycles. The maximum absolute atomic E-state index is 11.0. The van der Waals surface area contributed by atoms with Crippen LogP contribution in [0.15, 0.2) is 15.6 Å². The first-order chi connectivity index (χ1) is 10.6. The van der Waals surface area contributed by atoms with Crippen molar-refractivity contribution in [2.75, 3.05) is 20.7 Å².